The largest absolute Gasteiger partial charge is 0.462 e. The average molecular weight is 707 g/mol. The van der Waals surface area contributed by atoms with Gasteiger partial charge in [0.15, 0.2) is 6.10 Å². The predicted octanol–water partition coefficient (Wildman–Crippen LogP) is 13.5. The molecule has 1 unspecified atom stereocenters. The van der Waals surface area contributed by atoms with Crippen molar-refractivity contribution in [3.05, 3.63) is 12.2 Å². The van der Waals surface area contributed by atoms with Crippen LogP contribution >= 0.6 is 0 Å². The number of carbonyl (C=O) groups excluding carboxylic acids is 3. The van der Waals surface area contributed by atoms with Crippen molar-refractivity contribution < 1.29 is 28.6 Å². The second-order valence-corrected chi connectivity index (χ2v) is 14.6. The number of hydrogen-bond acceptors (Lipinski definition) is 6. The van der Waals surface area contributed by atoms with Gasteiger partial charge in [0.1, 0.15) is 13.2 Å². The fourth-order valence-electron chi connectivity index (χ4n) is 6.20. The standard InChI is InChI=1S/C44H82O6/c1-4-7-10-13-16-18-20-22-24-25-28-31-34-37-43(46)49-40-41(39-48-42(45)36-33-30-27-15-12-9-6-3)50-44(47)38-35-32-29-26-23-21-19-17-14-11-8-5-2/h17,19,41H,4-16,18,20-40H2,1-3H3/b19-17-. The van der Waals surface area contributed by atoms with E-state index in [1.165, 1.54) is 128 Å². The Balaban J connectivity index is 4.31. The van der Waals surface area contributed by atoms with E-state index in [1.807, 2.05) is 0 Å². The van der Waals surface area contributed by atoms with E-state index in [0.717, 1.165) is 64.2 Å². The van der Waals surface area contributed by atoms with Crippen molar-refractivity contribution >= 4 is 17.9 Å². The Morgan fingerprint density at radius 2 is 0.660 bits per heavy atom. The molecule has 0 aromatic rings. The SMILES string of the molecule is CCCCC/C=C\CCCCCCCC(=O)OC(COC(=O)CCCCCCCCC)COC(=O)CCCCCCCCCCCCCCC. The van der Waals surface area contributed by atoms with Crippen molar-refractivity contribution in [2.24, 2.45) is 0 Å². The molecule has 0 saturated carbocycles. The first-order valence-corrected chi connectivity index (χ1v) is 21.7. The molecule has 0 rings (SSSR count). The van der Waals surface area contributed by atoms with Gasteiger partial charge in [-0.05, 0) is 44.9 Å². The van der Waals surface area contributed by atoms with Gasteiger partial charge in [0, 0.05) is 19.3 Å². The zero-order valence-corrected chi connectivity index (χ0v) is 33.4. The molecule has 6 nitrogen and oxygen atoms in total. The summed E-state index contributed by atoms with van der Waals surface area (Å²) in [7, 11) is 0. The van der Waals surface area contributed by atoms with Crippen LogP contribution < -0.4 is 0 Å². The normalized spacial score (nSPS) is 12.0. The van der Waals surface area contributed by atoms with Crippen LogP contribution in [0.15, 0.2) is 12.2 Å². The highest BCUT2D eigenvalue weighted by atomic mass is 16.6. The van der Waals surface area contributed by atoms with Gasteiger partial charge in [-0.25, -0.2) is 0 Å². The molecule has 0 aliphatic rings. The van der Waals surface area contributed by atoms with E-state index in [2.05, 4.69) is 32.9 Å². The number of carbonyl (C=O) groups is 3. The third-order valence-electron chi connectivity index (χ3n) is 9.52. The van der Waals surface area contributed by atoms with Crippen LogP contribution in [0.3, 0.4) is 0 Å². The monoisotopic (exact) mass is 707 g/mol. The number of hydrogen-bond donors (Lipinski definition) is 0. The van der Waals surface area contributed by atoms with Gasteiger partial charge in [-0.1, -0.05) is 181 Å². The maximum absolute atomic E-state index is 12.6. The number of allylic oxidation sites excluding steroid dienone is 2. The van der Waals surface area contributed by atoms with E-state index in [1.54, 1.807) is 0 Å². The van der Waals surface area contributed by atoms with E-state index in [4.69, 9.17) is 14.2 Å². The molecule has 50 heavy (non-hydrogen) atoms. The highest BCUT2D eigenvalue weighted by molar-refractivity contribution is 5.71. The summed E-state index contributed by atoms with van der Waals surface area (Å²) in [5, 5.41) is 0. The molecule has 0 amide bonds. The zero-order chi connectivity index (χ0) is 36.6. The maximum Gasteiger partial charge on any atom is 0.306 e. The smallest absolute Gasteiger partial charge is 0.306 e. The summed E-state index contributed by atoms with van der Waals surface area (Å²) in [6, 6.07) is 0. The number of ether oxygens (including phenoxy) is 3. The van der Waals surface area contributed by atoms with Crippen LogP contribution in [0.1, 0.15) is 233 Å². The van der Waals surface area contributed by atoms with E-state index in [9.17, 15) is 14.4 Å². The minimum atomic E-state index is -0.764. The van der Waals surface area contributed by atoms with E-state index >= 15 is 0 Å². The number of rotatable bonds is 39. The van der Waals surface area contributed by atoms with Crippen molar-refractivity contribution in [2.45, 2.75) is 239 Å². The molecule has 0 radical (unpaired) electrons. The zero-order valence-electron chi connectivity index (χ0n) is 33.4. The highest BCUT2D eigenvalue weighted by Gasteiger charge is 2.19. The Hall–Kier alpha value is -1.85. The van der Waals surface area contributed by atoms with Crippen LogP contribution in [0.5, 0.6) is 0 Å². The lowest BCUT2D eigenvalue weighted by atomic mass is 10.0. The molecule has 0 aliphatic heterocycles. The first-order chi connectivity index (χ1) is 24.5. The molecule has 0 heterocycles. The van der Waals surface area contributed by atoms with Gasteiger partial charge in [0.05, 0.1) is 0 Å². The fraction of sp³-hybridized carbons (Fsp3) is 0.886. The highest BCUT2D eigenvalue weighted by Crippen LogP contribution is 2.15. The van der Waals surface area contributed by atoms with Crippen LogP contribution in [0.4, 0.5) is 0 Å². The average Bonchev–Trinajstić information content (AvgIpc) is 3.11. The maximum atomic E-state index is 12.6. The topological polar surface area (TPSA) is 78.9 Å². The predicted molar refractivity (Wildman–Crippen MR) is 210 cm³/mol. The molecule has 0 N–H and O–H groups in total. The van der Waals surface area contributed by atoms with Crippen LogP contribution in [-0.2, 0) is 28.6 Å². The van der Waals surface area contributed by atoms with Gasteiger partial charge in [-0.3, -0.25) is 14.4 Å². The molecule has 0 bridgehead atoms. The number of unbranched alkanes of at least 4 members (excludes halogenated alkanes) is 26. The fourth-order valence-corrected chi connectivity index (χ4v) is 6.20. The molecule has 1 atom stereocenters. The van der Waals surface area contributed by atoms with Crippen molar-refractivity contribution in [1.29, 1.82) is 0 Å². The van der Waals surface area contributed by atoms with Gasteiger partial charge >= 0.3 is 17.9 Å². The molecule has 6 heteroatoms. The van der Waals surface area contributed by atoms with Gasteiger partial charge in [0.2, 0.25) is 0 Å². The van der Waals surface area contributed by atoms with Crippen molar-refractivity contribution in [2.75, 3.05) is 13.2 Å². The lowest BCUT2D eigenvalue weighted by Crippen LogP contribution is -2.30. The van der Waals surface area contributed by atoms with E-state index < -0.39 is 6.10 Å². The van der Waals surface area contributed by atoms with Crippen LogP contribution in [0.25, 0.3) is 0 Å². The number of esters is 3. The Labute approximate surface area is 310 Å². The van der Waals surface area contributed by atoms with Crippen LogP contribution in [0, 0.1) is 0 Å². The quantitative estimate of drug-likeness (QED) is 0.0274. The van der Waals surface area contributed by atoms with E-state index in [-0.39, 0.29) is 31.1 Å². The third kappa shape index (κ3) is 37.4. The van der Waals surface area contributed by atoms with E-state index in [0.29, 0.717) is 19.3 Å². The molecule has 0 spiro atoms. The summed E-state index contributed by atoms with van der Waals surface area (Å²) in [6.07, 6.45) is 40.6. The Kier molecular flexibility index (Phi) is 38.5. The van der Waals surface area contributed by atoms with Gasteiger partial charge in [-0.15, -0.1) is 0 Å². The molecule has 294 valence electrons. The summed E-state index contributed by atoms with van der Waals surface area (Å²) in [5.41, 5.74) is 0. The summed E-state index contributed by atoms with van der Waals surface area (Å²) in [6.45, 7) is 6.56. The van der Waals surface area contributed by atoms with Crippen molar-refractivity contribution in [3.8, 4) is 0 Å². The second kappa shape index (κ2) is 39.9. The summed E-state index contributed by atoms with van der Waals surface area (Å²) in [4.78, 5) is 37.5. The van der Waals surface area contributed by atoms with Crippen molar-refractivity contribution in [1.82, 2.24) is 0 Å². The summed E-state index contributed by atoms with van der Waals surface area (Å²) < 4.78 is 16.6. The minimum absolute atomic E-state index is 0.0698. The summed E-state index contributed by atoms with van der Waals surface area (Å²) >= 11 is 0. The lowest BCUT2D eigenvalue weighted by Gasteiger charge is -2.18. The van der Waals surface area contributed by atoms with Gasteiger partial charge in [0.25, 0.3) is 0 Å². The first-order valence-electron chi connectivity index (χ1n) is 21.7. The molecule has 0 saturated heterocycles. The Bertz CT molecular complexity index is 778. The molecule has 0 aliphatic carbocycles. The van der Waals surface area contributed by atoms with Gasteiger partial charge in [-0.2, -0.15) is 0 Å². The molecular formula is C44H82O6. The second-order valence-electron chi connectivity index (χ2n) is 14.6. The Morgan fingerprint density at radius 3 is 1.04 bits per heavy atom. The minimum Gasteiger partial charge on any atom is -0.462 e. The molecule has 0 fully saturated rings. The first kappa shape index (κ1) is 48.1. The summed E-state index contributed by atoms with van der Waals surface area (Å²) in [5.74, 6) is -0.881. The molecular weight excluding hydrogens is 624 g/mol. The van der Waals surface area contributed by atoms with Crippen LogP contribution in [0.2, 0.25) is 0 Å². The molecule has 0 aromatic heterocycles. The van der Waals surface area contributed by atoms with Gasteiger partial charge < -0.3 is 14.2 Å². The Morgan fingerprint density at radius 1 is 0.380 bits per heavy atom. The third-order valence-corrected chi connectivity index (χ3v) is 9.52. The van der Waals surface area contributed by atoms with Crippen molar-refractivity contribution in [3.63, 3.8) is 0 Å². The molecule has 0 aromatic carbocycles. The lowest BCUT2D eigenvalue weighted by molar-refractivity contribution is -0.167. The van der Waals surface area contributed by atoms with Crippen LogP contribution in [-0.4, -0.2) is 37.2 Å².